The molecule has 35 heavy (non-hydrogen) atoms. The Hall–Kier alpha value is -4.20. The molecule has 3 aromatic heterocycles. The van der Waals surface area contributed by atoms with Gasteiger partial charge in [0.05, 0.1) is 5.39 Å². The number of rotatable bonds is 6. The number of amides is 1. The molecule has 0 spiro atoms. The number of nitrogen functional groups attached to an aromatic ring is 1. The summed E-state index contributed by atoms with van der Waals surface area (Å²) in [5.74, 6) is 1.81. The second kappa shape index (κ2) is 9.21. The van der Waals surface area contributed by atoms with Crippen LogP contribution >= 0.6 is 0 Å². The van der Waals surface area contributed by atoms with Crippen molar-refractivity contribution in [3.8, 4) is 22.8 Å². The fourth-order valence-electron chi connectivity index (χ4n) is 5.07. The van der Waals surface area contributed by atoms with E-state index in [1.54, 1.807) is 0 Å². The monoisotopic (exact) mass is 468 g/mol. The van der Waals surface area contributed by atoms with Gasteiger partial charge in [-0.25, -0.2) is 15.0 Å². The van der Waals surface area contributed by atoms with E-state index in [-0.39, 0.29) is 17.9 Å². The maximum absolute atomic E-state index is 11.8. The van der Waals surface area contributed by atoms with Crippen molar-refractivity contribution in [3.63, 3.8) is 0 Å². The van der Waals surface area contributed by atoms with E-state index in [0.717, 1.165) is 52.8 Å². The normalized spacial score (nSPS) is 17.4. The highest BCUT2D eigenvalue weighted by Crippen LogP contribution is 2.45. The number of nitrogens with zero attached hydrogens (tertiary/aromatic N) is 4. The van der Waals surface area contributed by atoms with Gasteiger partial charge in [0.1, 0.15) is 23.5 Å². The van der Waals surface area contributed by atoms with Crippen molar-refractivity contribution in [1.29, 1.82) is 0 Å². The Labute approximate surface area is 203 Å². The lowest BCUT2D eigenvalue weighted by Crippen LogP contribution is -2.31. The predicted octanol–water partition coefficient (Wildman–Crippen LogP) is 4.65. The van der Waals surface area contributed by atoms with Crippen LogP contribution in [0.1, 0.15) is 36.6 Å². The third-order valence-corrected chi connectivity index (χ3v) is 6.62. The summed E-state index contributed by atoms with van der Waals surface area (Å²) in [4.78, 5) is 25.1. The van der Waals surface area contributed by atoms with E-state index >= 15 is 0 Å². The number of nitrogens with one attached hydrogen (secondary N) is 1. The second-order valence-electron chi connectivity index (χ2n) is 8.94. The average Bonchev–Trinajstić information content (AvgIpc) is 3.42. The van der Waals surface area contributed by atoms with E-state index in [4.69, 9.17) is 10.5 Å². The number of ether oxygens (including phenoxy) is 1. The largest absolute Gasteiger partial charge is 0.439 e. The SMILES string of the molecule is C=CC(=O)NC1CCC(c2c(-c3ccc(Oc4cccc(C)n4)cc3)c3c(N)ncnc3n2C)C1. The van der Waals surface area contributed by atoms with Crippen molar-refractivity contribution in [2.45, 2.75) is 38.1 Å². The first-order chi connectivity index (χ1) is 16.9. The van der Waals surface area contributed by atoms with Crippen LogP contribution in [0.4, 0.5) is 5.82 Å². The Kier molecular flexibility index (Phi) is 5.94. The molecule has 0 radical (unpaired) electrons. The number of hydrogen-bond acceptors (Lipinski definition) is 6. The van der Waals surface area contributed by atoms with Crippen molar-refractivity contribution in [2.75, 3.05) is 5.73 Å². The van der Waals surface area contributed by atoms with Gasteiger partial charge in [0.15, 0.2) is 0 Å². The van der Waals surface area contributed by atoms with Crippen molar-refractivity contribution >= 4 is 22.8 Å². The molecule has 1 aliphatic rings. The minimum Gasteiger partial charge on any atom is -0.439 e. The summed E-state index contributed by atoms with van der Waals surface area (Å²) < 4.78 is 8.06. The Morgan fingerprint density at radius 2 is 2.00 bits per heavy atom. The number of pyridine rings is 1. The molecule has 8 heteroatoms. The Bertz CT molecular complexity index is 1410. The summed E-state index contributed by atoms with van der Waals surface area (Å²) in [6, 6.07) is 13.7. The van der Waals surface area contributed by atoms with E-state index < -0.39 is 0 Å². The third-order valence-electron chi connectivity index (χ3n) is 6.62. The zero-order chi connectivity index (χ0) is 24.5. The van der Waals surface area contributed by atoms with E-state index in [9.17, 15) is 4.79 Å². The smallest absolute Gasteiger partial charge is 0.243 e. The van der Waals surface area contributed by atoms with Crippen LogP contribution in [0.25, 0.3) is 22.2 Å². The molecule has 1 aliphatic carbocycles. The highest BCUT2D eigenvalue weighted by molar-refractivity contribution is 6.02. The van der Waals surface area contributed by atoms with Gasteiger partial charge >= 0.3 is 0 Å². The van der Waals surface area contributed by atoms with Gasteiger partial charge in [0.25, 0.3) is 0 Å². The first-order valence-electron chi connectivity index (χ1n) is 11.7. The molecule has 8 nitrogen and oxygen atoms in total. The molecule has 0 saturated heterocycles. The van der Waals surface area contributed by atoms with Crippen LogP contribution in [0.3, 0.4) is 0 Å². The molecule has 3 N–H and O–H groups in total. The fraction of sp³-hybridized carbons (Fsp3) is 0.259. The van der Waals surface area contributed by atoms with Gasteiger partial charge in [0, 0.05) is 42.0 Å². The summed E-state index contributed by atoms with van der Waals surface area (Å²) in [6.45, 7) is 5.50. The first kappa shape index (κ1) is 22.6. The number of carbonyl (C=O) groups is 1. The zero-order valence-electron chi connectivity index (χ0n) is 19.9. The number of aromatic nitrogens is 4. The lowest BCUT2D eigenvalue weighted by atomic mass is 9.94. The van der Waals surface area contributed by atoms with Crippen LogP contribution in [-0.4, -0.2) is 31.5 Å². The van der Waals surface area contributed by atoms with Crippen LogP contribution in [-0.2, 0) is 11.8 Å². The standard InChI is InChI=1S/C27H28N6O2/c1-4-21(34)32-19-11-8-18(14-19)25-23(24-26(28)29-15-30-27(24)33(25)3)17-9-12-20(13-10-17)35-22-7-5-6-16(2)31-22/h4-7,9-10,12-13,15,18-19H,1,8,11,14H2,2-3H3,(H,32,34)(H2,28,29,30). The van der Waals surface area contributed by atoms with E-state index in [0.29, 0.717) is 17.4 Å². The molecule has 1 saturated carbocycles. The Morgan fingerprint density at radius 3 is 2.74 bits per heavy atom. The van der Waals surface area contributed by atoms with Gasteiger partial charge in [-0.2, -0.15) is 0 Å². The quantitative estimate of drug-likeness (QED) is 0.399. The minimum absolute atomic E-state index is 0.109. The minimum atomic E-state index is -0.137. The maximum atomic E-state index is 11.8. The zero-order valence-corrected chi connectivity index (χ0v) is 19.9. The average molecular weight is 469 g/mol. The number of benzene rings is 1. The van der Waals surface area contributed by atoms with E-state index in [2.05, 4.69) is 31.4 Å². The number of anilines is 1. The number of aryl methyl sites for hydroxylation is 2. The summed E-state index contributed by atoms with van der Waals surface area (Å²) in [5, 5.41) is 3.89. The molecule has 1 aromatic carbocycles. The molecule has 2 atom stereocenters. The van der Waals surface area contributed by atoms with Gasteiger partial charge < -0.3 is 20.4 Å². The second-order valence-corrected chi connectivity index (χ2v) is 8.94. The third kappa shape index (κ3) is 4.35. The number of carbonyl (C=O) groups excluding carboxylic acids is 1. The molecule has 4 aromatic rings. The molecule has 2 unspecified atom stereocenters. The molecule has 0 bridgehead atoms. The molecule has 178 valence electrons. The summed E-state index contributed by atoms with van der Waals surface area (Å²) in [6.07, 6.45) is 5.51. The van der Waals surface area contributed by atoms with Gasteiger partial charge in [-0.15, -0.1) is 0 Å². The molecule has 0 aliphatic heterocycles. The van der Waals surface area contributed by atoms with Crippen molar-refractivity contribution < 1.29 is 9.53 Å². The van der Waals surface area contributed by atoms with Crippen LogP contribution < -0.4 is 15.8 Å². The van der Waals surface area contributed by atoms with E-state index in [1.807, 2.05) is 56.4 Å². The molecular formula is C27H28N6O2. The van der Waals surface area contributed by atoms with Crippen molar-refractivity contribution in [2.24, 2.45) is 7.05 Å². The number of nitrogens with two attached hydrogens (primary N) is 1. The number of fused-ring (bicyclic) bond motifs is 1. The summed E-state index contributed by atoms with van der Waals surface area (Å²) >= 11 is 0. The van der Waals surface area contributed by atoms with E-state index in [1.165, 1.54) is 12.4 Å². The molecule has 1 amide bonds. The molecule has 1 fully saturated rings. The highest BCUT2D eigenvalue weighted by atomic mass is 16.5. The van der Waals surface area contributed by atoms with Crippen LogP contribution in [0.2, 0.25) is 0 Å². The van der Waals surface area contributed by atoms with Crippen molar-refractivity contribution in [1.82, 2.24) is 24.8 Å². The van der Waals surface area contributed by atoms with Crippen molar-refractivity contribution in [3.05, 3.63) is 72.8 Å². The molecular weight excluding hydrogens is 440 g/mol. The lowest BCUT2D eigenvalue weighted by Gasteiger charge is -2.16. The number of hydrogen-bond donors (Lipinski definition) is 2. The van der Waals surface area contributed by atoms with Gasteiger partial charge in [-0.3, -0.25) is 4.79 Å². The predicted molar refractivity (Wildman–Crippen MR) is 136 cm³/mol. The van der Waals surface area contributed by atoms with Crippen LogP contribution in [0.5, 0.6) is 11.6 Å². The summed E-state index contributed by atoms with van der Waals surface area (Å²) in [7, 11) is 2.02. The maximum Gasteiger partial charge on any atom is 0.243 e. The fourth-order valence-corrected chi connectivity index (χ4v) is 5.07. The van der Waals surface area contributed by atoms with Gasteiger partial charge in [0.2, 0.25) is 11.8 Å². The molecule has 5 rings (SSSR count). The first-order valence-corrected chi connectivity index (χ1v) is 11.7. The van der Waals surface area contributed by atoms with Gasteiger partial charge in [-0.05, 0) is 56.0 Å². The van der Waals surface area contributed by atoms with Crippen LogP contribution in [0, 0.1) is 6.92 Å². The molecule has 3 heterocycles. The Morgan fingerprint density at radius 1 is 1.20 bits per heavy atom. The summed E-state index contributed by atoms with van der Waals surface area (Å²) in [5.41, 5.74) is 11.2. The topological polar surface area (TPSA) is 108 Å². The highest BCUT2D eigenvalue weighted by Gasteiger charge is 2.32. The lowest BCUT2D eigenvalue weighted by molar-refractivity contribution is -0.117. The Balaban J connectivity index is 1.53. The van der Waals surface area contributed by atoms with Gasteiger partial charge in [-0.1, -0.05) is 24.8 Å². The van der Waals surface area contributed by atoms with Crippen LogP contribution in [0.15, 0.2) is 61.4 Å².